The van der Waals surface area contributed by atoms with Gasteiger partial charge in [0.1, 0.15) is 11.6 Å². The van der Waals surface area contributed by atoms with Gasteiger partial charge in [-0.3, -0.25) is 24.6 Å². The van der Waals surface area contributed by atoms with Gasteiger partial charge < -0.3 is 14.7 Å². The standard InChI is InChI=1S/C24H24FN3O6/c25-18-7-5-16(6-8-18)22(29)20-21(17-3-1-4-19(15-17)28(32)33)27(24(31)23(20)30)10-2-9-26-11-13-34-14-12-26/h1,3-8,15,21,29H,2,9-14H2. The molecule has 0 aromatic heterocycles. The molecular formula is C24H24FN3O6. The van der Waals surface area contributed by atoms with Crippen molar-refractivity contribution in [3.63, 3.8) is 0 Å². The first kappa shape index (κ1) is 23.5. The molecule has 1 atom stereocenters. The van der Waals surface area contributed by atoms with Crippen LogP contribution in [-0.4, -0.2) is 70.9 Å². The SMILES string of the molecule is O=C1C(=O)N(CCCN2CCOCC2)C(c2cccc([N+](=O)[O-])c2)C1=C(O)c1ccc(F)cc1. The number of benzene rings is 2. The van der Waals surface area contributed by atoms with Gasteiger partial charge in [0, 0.05) is 43.9 Å². The maximum Gasteiger partial charge on any atom is 0.295 e. The van der Waals surface area contributed by atoms with Crippen LogP contribution in [0.25, 0.3) is 5.76 Å². The van der Waals surface area contributed by atoms with E-state index in [-0.39, 0.29) is 23.4 Å². The number of nitro benzene ring substituents is 1. The van der Waals surface area contributed by atoms with Crippen LogP contribution in [0.1, 0.15) is 23.6 Å². The molecule has 2 aromatic carbocycles. The van der Waals surface area contributed by atoms with Gasteiger partial charge in [-0.25, -0.2) is 4.39 Å². The van der Waals surface area contributed by atoms with Gasteiger partial charge in [0.05, 0.1) is 29.8 Å². The van der Waals surface area contributed by atoms with Crippen LogP contribution in [0, 0.1) is 15.9 Å². The number of morpholine rings is 1. The number of aliphatic hydroxyl groups is 1. The summed E-state index contributed by atoms with van der Waals surface area (Å²) in [6, 6.07) is 9.54. The lowest BCUT2D eigenvalue weighted by molar-refractivity contribution is -0.384. The summed E-state index contributed by atoms with van der Waals surface area (Å²) in [5.74, 6) is -2.65. The zero-order valence-electron chi connectivity index (χ0n) is 18.4. The second kappa shape index (κ2) is 10.1. The normalized spacial score (nSPS) is 20.6. The molecule has 1 N–H and O–H groups in total. The van der Waals surface area contributed by atoms with E-state index in [2.05, 4.69) is 4.90 Å². The number of rotatable bonds is 7. The highest BCUT2D eigenvalue weighted by Crippen LogP contribution is 2.40. The van der Waals surface area contributed by atoms with E-state index in [9.17, 15) is 29.2 Å². The number of hydrogen-bond acceptors (Lipinski definition) is 7. The summed E-state index contributed by atoms with van der Waals surface area (Å²) in [4.78, 5) is 40.3. The van der Waals surface area contributed by atoms with Gasteiger partial charge in [-0.15, -0.1) is 0 Å². The summed E-state index contributed by atoms with van der Waals surface area (Å²) >= 11 is 0. The summed E-state index contributed by atoms with van der Waals surface area (Å²) in [6.45, 7) is 3.72. The van der Waals surface area contributed by atoms with Crippen LogP contribution < -0.4 is 0 Å². The Labute approximate surface area is 195 Å². The molecule has 2 fully saturated rings. The average molecular weight is 469 g/mol. The number of likely N-dealkylation sites (tertiary alicyclic amines) is 1. The molecule has 9 nitrogen and oxygen atoms in total. The van der Waals surface area contributed by atoms with Crippen LogP contribution >= 0.6 is 0 Å². The van der Waals surface area contributed by atoms with Crippen molar-refractivity contribution in [1.82, 2.24) is 9.80 Å². The van der Waals surface area contributed by atoms with E-state index in [1.54, 1.807) is 6.07 Å². The Morgan fingerprint density at radius 2 is 1.82 bits per heavy atom. The van der Waals surface area contributed by atoms with Crippen molar-refractivity contribution in [3.8, 4) is 0 Å². The first-order valence-electron chi connectivity index (χ1n) is 11.0. The first-order chi connectivity index (χ1) is 16.4. The molecule has 0 aliphatic carbocycles. The highest BCUT2D eigenvalue weighted by molar-refractivity contribution is 6.46. The third-order valence-electron chi connectivity index (χ3n) is 6.03. The summed E-state index contributed by atoms with van der Waals surface area (Å²) < 4.78 is 18.7. The van der Waals surface area contributed by atoms with Crippen molar-refractivity contribution < 1.29 is 28.7 Å². The number of carbonyl (C=O) groups is 2. The number of ether oxygens (including phenoxy) is 1. The third kappa shape index (κ3) is 4.82. The van der Waals surface area contributed by atoms with Gasteiger partial charge in [0.15, 0.2) is 0 Å². The summed E-state index contributed by atoms with van der Waals surface area (Å²) in [7, 11) is 0. The molecule has 2 aliphatic heterocycles. The fraction of sp³-hybridized carbons (Fsp3) is 0.333. The largest absolute Gasteiger partial charge is 0.507 e. The fourth-order valence-corrected chi connectivity index (χ4v) is 4.32. The van der Waals surface area contributed by atoms with Crippen molar-refractivity contribution in [2.24, 2.45) is 0 Å². The number of ketones is 1. The van der Waals surface area contributed by atoms with E-state index in [0.717, 1.165) is 25.2 Å². The monoisotopic (exact) mass is 469 g/mol. The van der Waals surface area contributed by atoms with Gasteiger partial charge in [0.2, 0.25) is 0 Å². The van der Waals surface area contributed by atoms with Crippen molar-refractivity contribution >= 4 is 23.1 Å². The number of halogens is 1. The van der Waals surface area contributed by atoms with Gasteiger partial charge in [-0.1, -0.05) is 12.1 Å². The van der Waals surface area contributed by atoms with Crippen molar-refractivity contribution in [1.29, 1.82) is 0 Å². The molecule has 2 aromatic rings. The van der Waals surface area contributed by atoms with E-state index in [4.69, 9.17) is 4.74 Å². The second-order valence-electron chi connectivity index (χ2n) is 8.16. The smallest absolute Gasteiger partial charge is 0.295 e. The molecule has 10 heteroatoms. The molecule has 0 radical (unpaired) electrons. The number of amides is 1. The number of Topliss-reactive ketones (excluding diaryl/α,β-unsaturated/α-hetero) is 1. The summed E-state index contributed by atoms with van der Waals surface area (Å²) in [6.07, 6.45) is 0.565. The van der Waals surface area contributed by atoms with Crippen LogP contribution in [0.5, 0.6) is 0 Å². The maximum absolute atomic E-state index is 13.4. The molecule has 34 heavy (non-hydrogen) atoms. The molecule has 1 amide bonds. The van der Waals surface area contributed by atoms with Crippen LogP contribution in [0.4, 0.5) is 10.1 Å². The minimum Gasteiger partial charge on any atom is -0.507 e. The molecule has 2 saturated heterocycles. The van der Waals surface area contributed by atoms with Gasteiger partial charge in [0.25, 0.3) is 17.4 Å². The van der Waals surface area contributed by atoms with Crippen LogP contribution in [0.15, 0.2) is 54.1 Å². The average Bonchev–Trinajstić information content (AvgIpc) is 3.10. The van der Waals surface area contributed by atoms with E-state index in [1.807, 2.05) is 0 Å². The fourth-order valence-electron chi connectivity index (χ4n) is 4.32. The number of carbonyl (C=O) groups excluding carboxylic acids is 2. The van der Waals surface area contributed by atoms with Crippen LogP contribution in [-0.2, 0) is 14.3 Å². The topological polar surface area (TPSA) is 113 Å². The second-order valence-corrected chi connectivity index (χ2v) is 8.16. The summed E-state index contributed by atoms with van der Waals surface area (Å²) in [5.41, 5.74) is 0.133. The lowest BCUT2D eigenvalue weighted by atomic mass is 9.95. The van der Waals surface area contributed by atoms with E-state index in [1.165, 1.54) is 35.2 Å². The maximum atomic E-state index is 13.4. The minimum atomic E-state index is -1.00. The Kier molecular flexibility index (Phi) is 6.99. The zero-order chi connectivity index (χ0) is 24.2. The van der Waals surface area contributed by atoms with E-state index < -0.39 is 34.2 Å². The quantitative estimate of drug-likeness (QED) is 0.218. The molecule has 0 bridgehead atoms. The highest BCUT2D eigenvalue weighted by atomic mass is 19.1. The van der Waals surface area contributed by atoms with E-state index in [0.29, 0.717) is 31.7 Å². The molecule has 2 heterocycles. The molecular weight excluding hydrogens is 445 g/mol. The zero-order valence-corrected chi connectivity index (χ0v) is 18.4. The molecule has 4 rings (SSSR count). The first-order valence-corrected chi connectivity index (χ1v) is 11.0. The number of hydrogen-bond donors (Lipinski definition) is 1. The van der Waals surface area contributed by atoms with Gasteiger partial charge >= 0.3 is 0 Å². The van der Waals surface area contributed by atoms with Gasteiger partial charge in [-0.2, -0.15) is 0 Å². The van der Waals surface area contributed by atoms with Crippen molar-refractivity contribution in [2.45, 2.75) is 12.5 Å². The molecule has 1 unspecified atom stereocenters. The Balaban J connectivity index is 1.70. The van der Waals surface area contributed by atoms with Crippen LogP contribution in [0.2, 0.25) is 0 Å². The number of non-ortho nitro benzene ring substituents is 1. The molecule has 0 saturated carbocycles. The number of nitrogens with zero attached hydrogens (tertiary/aromatic N) is 3. The molecule has 178 valence electrons. The predicted molar refractivity (Wildman–Crippen MR) is 120 cm³/mol. The summed E-state index contributed by atoms with van der Waals surface area (Å²) in [5, 5.41) is 22.3. The van der Waals surface area contributed by atoms with Crippen LogP contribution in [0.3, 0.4) is 0 Å². The van der Waals surface area contributed by atoms with E-state index >= 15 is 0 Å². The predicted octanol–water partition coefficient (Wildman–Crippen LogP) is 2.88. The van der Waals surface area contributed by atoms with Gasteiger partial charge in [-0.05, 0) is 36.2 Å². The number of nitro groups is 1. The lowest BCUT2D eigenvalue weighted by Crippen LogP contribution is -2.39. The van der Waals surface area contributed by atoms with Crippen molar-refractivity contribution in [2.75, 3.05) is 39.4 Å². The molecule has 0 spiro atoms. The minimum absolute atomic E-state index is 0.170. The van der Waals surface area contributed by atoms with Crippen molar-refractivity contribution in [3.05, 3.63) is 81.2 Å². The Bertz CT molecular complexity index is 1130. The third-order valence-corrected chi connectivity index (χ3v) is 6.03. The Morgan fingerprint density at radius 1 is 1.12 bits per heavy atom. The Hall–Kier alpha value is -3.63. The molecule has 2 aliphatic rings. The Morgan fingerprint density at radius 3 is 2.50 bits per heavy atom. The lowest BCUT2D eigenvalue weighted by Gasteiger charge is -2.29. The highest BCUT2D eigenvalue weighted by Gasteiger charge is 2.46. The number of aliphatic hydroxyl groups excluding tert-OH is 1.